The van der Waals surface area contributed by atoms with E-state index in [1.807, 2.05) is 6.07 Å². The minimum atomic E-state index is -1.09. The van der Waals surface area contributed by atoms with Crippen LogP contribution < -0.4 is 10.6 Å². The lowest BCUT2D eigenvalue weighted by molar-refractivity contribution is -0.123. The predicted molar refractivity (Wildman–Crippen MR) is 55.2 cm³/mol. The standard InChI is InChI=1S/C11H9N3O2/c1-11(9(15)13-10(16)14-11)8-4-2-3-7(5-8)6-12/h2-5H,1H3,(H2,13,14,15,16). The van der Waals surface area contributed by atoms with E-state index in [1.165, 1.54) is 0 Å². The first-order valence-corrected chi connectivity index (χ1v) is 4.70. The quantitative estimate of drug-likeness (QED) is 0.673. The molecule has 1 aliphatic heterocycles. The van der Waals surface area contributed by atoms with Gasteiger partial charge in [-0.1, -0.05) is 12.1 Å². The number of amides is 3. The van der Waals surface area contributed by atoms with Crippen LogP contribution in [0.1, 0.15) is 18.1 Å². The molecule has 1 saturated heterocycles. The molecule has 5 nitrogen and oxygen atoms in total. The summed E-state index contributed by atoms with van der Waals surface area (Å²) >= 11 is 0. The van der Waals surface area contributed by atoms with Crippen molar-refractivity contribution in [1.82, 2.24) is 10.6 Å². The molecule has 16 heavy (non-hydrogen) atoms. The molecule has 0 spiro atoms. The lowest BCUT2D eigenvalue weighted by Crippen LogP contribution is -2.40. The van der Waals surface area contributed by atoms with E-state index in [-0.39, 0.29) is 0 Å². The van der Waals surface area contributed by atoms with Crippen molar-refractivity contribution in [3.63, 3.8) is 0 Å². The monoisotopic (exact) mass is 215 g/mol. The number of urea groups is 1. The summed E-state index contributed by atoms with van der Waals surface area (Å²) in [6.45, 7) is 1.60. The van der Waals surface area contributed by atoms with Gasteiger partial charge < -0.3 is 5.32 Å². The Labute approximate surface area is 92.1 Å². The van der Waals surface area contributed by atoms with Crippen LogP contribution >= 0.6 is 0 Å². The summed E-state index contributed by atoms with van der Waals surface area (Å²) in [5.41, 5.74) is -0.0493. The van der Waals surface area contributed by atoms with Crippen LogP contribution in [0.4, 0.5) is 4.79 Å². The molecule has 80 valence electrons. The van der Waals surface area contributed by atoms with Crippen molar-refractivity contribution in [2.24, 2.45) is 0 Å². The summed E-state index contributed by atoms with van der Waals surface area (Å²) in [6, 6.07) is 8.08. The molecule has 1 unspecified atom stereocenters. The van der Waals surface area contributed by atoms with E-state index in [4.69, 9.17) is 5.26 Å². The zero-order valence-electron chi connectivity index (χ0n) is 8.57. The van der Waals surface area contributed by atoms with Gasteiger partial charge in [-0.3, -0.25) is 10.1 Å². The van der Waals surface area contributed by atoms with E-state index >= 15 is 0 Å². The first-order valence-electron chi connectivity index (χ1n) is 4.70. The Kier molecular flexibility index (Phi) is 2.13. The van der Waals surface area contributed by atoms with E-state index in [1.54, 1.807) is 31.2 Å². The van der Waals surface area contributed by atoms with E-state index in [0.29, 0.717) is 11.1 Å². The molecule has 0 bridgehead atoms. The molecule has 2 N–H and O–H groups in total. The van der Waals surface area contributed by atoms with Crippen LogP contribution in [0.15, 0.2) is 24.3 Å². The van der Waals surface area contributed by atoms with Gasteiger partial charge in [0.1, 0.15) is 5.54 Å². The van der Waals surface area contributed by atoms with Crippen molar-refractivity contribution in [1.29, 1.82) is 5.26 Å². The first-order chi connectivity index (χ1) is 7.56. The maximum Gasteiger partial charge on any atom is 0.322 e. The van der Waals surface area contributed by atoms with Crippen LogP contribution in [0, 0.1) is 11.3 Å². The Morgan fingerprint density at radius 2 is 2.12 bits per heavy atom. The SMILES string of the molecule is CC1(c2cccc(C#N)c2)NC(=O)NC1=O. The molecule has 2 rings (SSSR count). The molecule has 1 heterocycles. The fraction of sp³-hybridized carbons (Fsp3) is 0.182. The summed E-state index contributed by atoms with van der Waals surface area (Å²) in [6.07, 6.45) is 0. The smallest absolute Gasteiger partial charge is 0.320 e. The summed E-state index contributed by atoms with van der Waals surface area (Å²) < 4.78 is 0. The van der Waals surface area contributed by atoms with E-state index < -0.39 is 17.5 Å². The maximum absolute atomic E-state index is 11.6. The van der Waals surface area contributed by atoms with Crippen LogP contribution in [0.2, 0.25) is 0 Å². The van der Waals surface area contributed by atoms with Gasteiger partial charge in [0.15, 0.2) is 0 Å². The number of hydrogen-bond donors (Lipinski definition) is 2. The molecule has 0 saturated carbocycles. The summed E-state index contributed by atoms with van der Waals surface area (Å²) in [5.74, 6) is -0.410. The highest BCUT2D eigenvalue weighted by Gasteiger charge is 2.43. The topological polar surface area (TPSA) is 82.0 Å². The van der Waals surface area contributed by atoms with Crippen molar-refractivity contribution in [3.05, 3.63) is 35.4 Å². The van der Waals surface area contributed by atoms with Gasteiger partial charge in [0.2, 0.25) is 0 Å². The van der Waals surface area contributed by atoms with Gasteiger partial charge in [0, 0.05) is 0 Å². The zero-order valence-corrected chi connectivity index (χ0v) is 8.57. The van der Waals surface area contributed by atoms with Crippen LogP contribution in [0.5, 0.6) is 0 Å². The van der Waals surface area contributed by atoms with Crippen molar-refractivity contribution in [2.45, 2.75) is 12.5 Å². The van der Waals surface area contributed by atoms with Crippen LogP contribution in [-0.2, 0) is 10.3 Å². The second-order valence-corrected chi connectivity index (χ2v) is 3.73. The van der Waals surface area contributed by atoms with E-state index in [9.17, 15) is 9.59 Å². The van der Waals surface area contributed by atoms with Crippen molar-refractivity contribution >= 4 is 11.9 Å². The molecule has 1 fully saturated rings. The maximum atomic E-state index is 11.6. The first kappa shape index (κ1) is 10.2. The molecule has 1 aromatic rings. The molecule has 3 amide bonds. The molecular weight excluding hydrogens is 206 g/mol. The normalized spacial score (nSPS) is 23.5. The Hall–Kier alpha value is -2.35. The van der Waals surface area contributed by atoms with Gasteiger partial charge in [-0.2, -0.15) is 5.26 Å². The van der Waals surface area contributed by atoms with Gasteiger partial charge in [0.05, 0.1) is 11.6 Å². The molecule has 0 aromatic heterocycles. The number of nitrogens with one attached hydrogen (secondary N) is 2. The predicted octanol–water partition coefficient (Wildman–Crippen LogP) is 0.613. The highest BCUT2D eigenvalue weighted by molar-refractivity contribution is 6.07. The molecular formula is C11H9N3O2. The highest BCUT2D eigenvalue weighted by atomic mass is 16.2. The zero-order chi connectivity index (χ0) is 11.8. The number of rotatable bonds is 1. The van der Waals surface area contributed by atoms with Crippen LogP contribution in [0.3, 0.4) is 0 Å². The molecule has 0 aliphatic carbocycles. The lowest BCUT2D eigenvalue weighted by Gasteiger charge is -2.20. The third-order valence-electron chi connectivity index (χ3n) is 2.61. The van der Waals surface area contributed by atoms with Gasteiger partial charge in [0.25, 0.3) is 5.91 Å². The summed E-state index contributed by atoms with van der Waals surface area (Å²) in [7, 11) is 0. The van der Waals surface area contributed by atoms with E-state index in [2.05, 4.69) is 10.6 Å². The minimum absolute atomic E-state index is 0.410. The van der Waals surface area contributed by atoms with Crippen molar-refractivity contribution in [3.8, 4) is 6.07 Å². The highest BCUT2D eigenvalue weighted by Crippen LogP contribution is 2.24. The lowest BCUT2D eigenvalue weighted by atomic mass is 9.91. The molecule has 5 heteroatoms. The molecule has 1 aromatic carbocycles. The number of imide groups is 1. The fourth-order valence-electron chi connectivity index (χ4n) is 1.65. The number of carbonyl (C=O) groups excluding carboxylic acids is 2. The third kappa shape index (κ3) is 1.41. The molecule has 1 atom stereocenters. The Morgan fingerprint density at radius 3 is 2.69 bits per heavy atom. The van der Waals surface area contributed by atoms with Gasteiger partial charge in [-0.05, 0) is 24.6 Å². The largest absolute Gasteiger partial charge is 0.322 e. The number of nitrogens with zero attached hydrogens (tertiary/aromatic N) is 1. The Morgan fingerprint density at radius 1 is 1.38 bits per heavy atom. The Balaban J connectivity index is 2.48. The fourth-order valence-corrected chi connectivity index (χ4v) is 1.65. The van der Waals surface area contributed by atoms with Gasteiger partial charge >= 0.3 is 6.03 Å². The van der Waals surface area contributed by atoms with Crippen LogP contribution in [-0.4, -0.2) is 11.9 Å². The number of benzene rings is 1. The number of nitriles is 1. The van der Waals surface area contributed by atoms with Gasteiger partial charge in [-0.25, -0.2) is 4.79 Å². The van der Waals surface area contributed by atoms with Crippen molar-refractivity contribution in [2.75, 3.05) is 0 Å². The second kappa shape index (κ2) is 3.35. The molecule has 1 aliphatic rings. The average Bonchev–Trinajstić information content (AvgIpc) is 2.54. The summed E-state index contributed by atoms with van der Waals surface area (Å²) in [4.78, 5) is 22.7. The van der Waals surface area contributed by atoms with Gasteiger partial charge in [-0.15, -0.1) is 0 Å². The van der Waals surface area contributed by atoms with Crippen LogP contribution in [0.25, 0.3) is 0 Å². The van der Waals surface area contributed by atoms with Crippen molar-refractivity contribution < 1.29 is 9.59 Å². The molecule has 0 radical (unpaired) electrons. The Bertz CT molecular complexity index is 518. The van der Waals surface area contributed by atoms with E-state index in [0.717, 1.165) is 0 Å². The third-order valence-corrected chi connectivity index (χ3v) is 2.61. The average molecular weight is 215 g/mol. The minimum Gasteiger partial charge on any atom is -0.320 e. The summed E-state index contributed by atoms with van der Waals surface area (Å²) in [5, 5.41) is 13.5. The number of hydrogen-bond acceptors (Lipinski definition) is 3. The number of carbonyl (C=O) groups is 2. The second-order valence-electron chi connectivity index (χ2n) is 3.73.